The molecule has 2 atom stereocenters. The molecule has 0 saturated carbocycles. The Labute approximate surface area is 164 Å². The molecule has 1 amide bonds. The van der Waals surface area contributed by atoms with Crippen molar-refractivity contribution in [2.45, 2.75) is 45.7 Å². The van der Waals surface area contributed by atoms with Gasteiger partial charge in [0.15, 0.2) is 11.5 Å². The average Bonchev–Trinajstić information content (AvgIpc) is 2.98. The molecule has 0 fully saturated rings. The lowest BCUT2D eigenvalue weighted by molar-refractivity contribution is -0.137. The molecule has 152 valence electrons. The first kappa shape index (κ1) is 21.3. The summed E-state index contributed by atoms with van der Waals surface area (Å²) in [5.74, 6) is -0.252. The standard InChI is InChI=1S/C20H27N3O5/c1-12-8-13(2)23(22-12)14(3)9-19(24)21-16(11-20(25)26)15-6-7-17(27-4)18(10-15)28-5/h6-8,10,14,16H,9,11H2,1-5H3,(H,21,24)(H,25,26). The van der Waals surface area contributed by atoms with Gasteiger partial charge in [-0.3, -0.25) is 14.3 Å². The van der Waals surface area contributed by atoms with E-state index in [1.165, 1.54) is 14.2 Å². The molecule has 0 bridgehead atoms. The zero-order chi connectivity index (χ0) is 20.8. The van der Waals surface area contributed by atoms with E-state index in [9.17, 15) is 14.7 Å². The fraction of sp³-hybridized carbons (Fsp3) is 0.450. The second kappa shape index (κ2) is 9.25. The Morgan fingerprint density at radius 1 is 1.14 bits per heavy atom. The van der Waals surface area contributed by atoms with Crippen molar-refractivity contribution >= 4 is 11.9 Å². The second-order valence-corrected chi connectivity index (χ2v) is 6.76. The van der Waals surface area contributed by atoms with Crippen LogP contribution >= 0.6 is 0 Å². The number of hydrogen-bond donors (Lipinski definition) is 2. The normalized spacial score (nSPS) is 12.9. The number of nitrogens with zero attached hydrogens (tertiary/aromatic N) is 2. The second-order valence-electron chi connectivity index (χ2n) is 6.76. The zero-order valence-corrected chi connectivity index (χ0v) is 16.9. The number of carboxylic acid groups (broad SMARTS) is 1. The van der Waals surface area contributed by atoms with Gasteiger partial charge in [0.25, 0.3) is 0 Å². The van der Waals surface area contributed by atoms with E-state index < -0.39 is 12.0 Å². The van der Waals surface area contributed by atoms with Crippen LogP contribution in [0.1, 0.15) is 48.8 Å². The van der Waals surface area contributed by atoms with E-state index in [1.807, 2.05) is 26.8 Å². The van der Waals surface area contributed by atoms with Crippen molar-refractivity contribution < 1.29 is 24.2 Å². The van der Waals surface area contributed by atoms with Crippen molar-refractivity contribution in [1.29, 1.82) is 0 Å². The highest BCUT2D eigenvalue weighted by molar-refractivity contribution is 5.78. The third-order valence-electron chi connectivity index (χ3n) is 4.47. The number of aliphatic carboxylic acids is 1. The van der Waals surface area contributed by atoms with Gasteiger partial charge < -0.3 is 19.9 Å². The molecule has 1 aromatic heterocycles. The lowest BCUT2D eigenvalue weighted by Crippen LogP contribution is -2.31. The Kier molecular flexibility index (Phi) is 7.03. The first-order chi connectivity index (χ1) is 13.2. The van der Waals surface area contributed by atoms with Gasteiger partial charge in [0.05, 0.1) is 38.4 Å². The molecule has 2 unspecified atom stereocenters. The summed E-state index contributed by atoms with van der Waals surface area (Å²) >= 11 is 0. The Morgan fingerprint density at radius 3 is 2.36 bits per heavy atom. The molecule has 0 saturated heterocycles. The topological polar surface area (TPSA) is 103 Å². The molecule has 1 aromatic carbocycles. The Balaban J connectivity index is 2.16. The van der Waals surface area contributed by atoms with Crippen LogP contribution in [-0.4, -0.2) is 41.0 Å². The number of carbonyl (C=O) groups is 2. The first-order valence-electron chi connectivity index (χ1n) is 9.01. The SMILES string of the molecule is COc1ccc(C(CC(=O)O)NC(=O)CC(C)n2nc(C)cc2C)cc1OC. The quantitative estimate of drug-likeness (QED) is 0.684. The van der Waals surface area contributed by atoms with E-state index in [1.54, 1.807) is 22.9 Å². The van der Waals surface area contributed by atoms with Gasteiger partial charge in [-0.25, -0.2) is 0 Å². The van der Waals surface area contributed by atoms with Crippen molar-refractivity contribution in [3.05, 3.63) is 41.2 Å². The molecule has 1 heterocycles. The molecule has 8 heteroatoms. The summed E-state index contributed by atoms with van der Waals surface area (Å²) in [7, 11) is 3.02. The highest BCUT2D eigenvalue weighted by atomic mass is 16.5. The Bertz CT molecular complexity index is 846. The van der Waals surface area contributed by atoms with Gasteiger partial charge in [-0.15, -0.1) is 0 Å². The number of ether oxygens (including phenoxy) is 2. The van der Waals surface area contributed by atoms with E-state index in [0.29, 0.717) is 17.1 Å². The number of rotatable bonds is 9. The van der Waals surface area contributed by atoms with Gasteiger partial charge >= 0.3 is 5.97 Å². The lowest BCUT2D eigenvalue weighted by Gasteiger charge is -2.21. The smallest absolute Gasteiger partial charge is 0.305 e. The summed E-state index contributed by atoms with van der Waals surface area (Å²) in [6, 6.07) is 6.21. The summed E-state index contributed by atoms with van der Waals surface area (Å²) in [5.41, 5.74) is 2.49. The van der Waals surface area contributed by atoms with Crippen LogP contribution in [0.4, 0.5) is 0 Å². The fourth-order valence-corrected chi connectivity index (χ4v) is 3.20. The molecule has 0 spiro atoms. The number of methoxy groups -OCH3 is 2. The Hall–Kier alpha value is -3.03. The minimum atomic E-state index is -1.01. The highest BCUT2D eigenvalue weighted by Crippen LogP contribution is 2.31. The number of aryl methyl sites for hydroxylation is 2. The molecule has 0 aliphatic rings. The molecule has 0 aliphatic carbocycles. The maximum atomic E-state index is 12.6. The number of amides is 1. The largest absolute Gasteiger partial charge is 0.493 e. The third kappa shape index (κ3) is 5.25. The predicted molar refractivity (Wildman–Crippen MR) is 104 cm³/mol. The minimum Gasteiger partial charge on any atom is -0.493 e. The summed E-state index contributed by atoms with van der Waals surface area (Å²) in [6.07, 6.45) is -0.0547. The van der Waals surface area contributed by atoms with Crippen molar-refractivity contribution in [3.63, 3.8) is 0 Å². The number of nitrogens with one attached hydrogen (secondary N) is 1. The summed E-state index contributed by atoms with van der Waals surface area (Å²) in [6.45, 7) is 5.74. The molecule has 2 rings (SSSR count). The first-order valence-corrected chi connectivity index (χ1v) is 9.01. The van der Waals surface area contributed by atoms with Gasteiger partial charge in [0, 0.05) is 12.1 Å². The van der Waals surface area contributed by atoms with Crippen molar-refractivity contribution in [2.75, 3.05) is 14.2 Å². The van der Waals surface area contributed by atoms with Gasteiger partial charge in [-0.1, -0.05) is 6.07 Å². The van der Waals surface area contributed by atoms with Crippen molar-refractivity contribution in [1.82, 2.24) is 15.1 Å². The molecule has 2 aromatic rings. The van der Waals surface area contributed by atoms with Crippen LogP contribution < -0.4 is 14.8 Å². The van der Waals surface area contributed by atoms with E-state index in [2.05, 4.69) is 10.4 Å². The van der Waals surface area contributed by atoms with Crippen LogP contribution in [0.3, 0.4) is 0 Å². The molecule has 0 aliphatic heterocycles. The monoisotopic (exact) mass is 389 g/mol. The van der Waals surface area contributed by atoms with Crippen LogP contribution in [0.15, 0.2) is 24.3 Å². The molecule has 0 radical (unpaired) electrons. The predicted octanol–water partition coefficient (Wildman–Crippen LogP) is 2.80. The van der Waals surface area contributed by atoms with Crippen LogP contribution in [0.2, 0.25) is 0 Å². The van der Waals surface area contributed by atoms with Crippen LogP contribution in [0.5, 0.6) is 11.5 Å². The maximum Gasteiger partial charge on any atom is 0.305 e. The number of benzene rings is 1. The maximum absolute atomic E-state index is 12.6. The fourth-order valence-electron chi connectivity index (χ4n) is 3.20. The van der Waals surface area contributed by atoms with Crippen molar-refractivity contribution in [3.8, 4) is 11.5 Å². The number of carboxylic acids is 1. The molecule has 2 N–H and O–H groups in total. The summed E-state index contributed by atoms with van der Waals surface area (Å²) in [5, 5.41) is 16.5. The summed E-state index contributed by atoms with van der Waals surface area (Å²) < 4.78 is 12.3. The number of hydrogen-bond acceptors (Lipinski definition) is 5. The van der Waals surface area contributed by atoms with E-state index in [0.717, 1.165) is 11.4 Å². The highest BCUT2D eigenvalue weighted by Gasteiger charge is 2.22. The Morgan fingerprint density at radius 2 is 1.82 bits per heavy atom. The van der Waals surface area contributed by atoms with Gasteiger partial charge in [-0.05, 0) is 44.5 Å². The van der Waals surface area contributed by atoms with Gasteiger partial charge in [-0.2, -0.15) is 5.10 Å². The van der Waals surface area contributed by atoms with E-state index >= 15 is 0 Å². The minimum absolute atomic E-state index is 0.149. The molecular formula is C20H27N3O5. The van der Waals surface area contributed by atoms with E-state index in [-0.39, 0.29) is 24.8 Å². The van der Waals surface area contributed by atoms with E-state index in [4.69, 9.17) is 9.47 Å². The van der Waals surface area contributed by atoms with Crippen molar-refractivity contribution in [2.24, 2.45) is 0 Å². The number of aromatic nitrogens is 2. The average molecular weight is 389 g/mol. The van der Waals surface area contributed by atoms with Gasteiger partial charge in [0.2, 0.25) is 5.91 Å². The molecule has 8 nitrogen and oxygen atoms in total. The van der Waals surface area contributed by atoms with Crippen LogP contribution in [0.25, 0.3) is 0 Å². The van der Waals surface area contributed by atoms with Crippen LogP contribution in [0, 0.1) is 13.8 Å². The molecular weight excluding hydrogens is 362 g/mol. The number of carbonyl (C=O) groups excluding carboxylic acids is 1. The molecule has 28 heavy (non-hydrogen) atoms. The van der Waals surface area contributed by atoms with Crippen LogP contribution in [-0.2, 0) is 9.59 Å². The third-order valence-corrected chi connectivity index (χ3v) is 4.47. The van der Waals surface area contributed by atoms with Gasteiger partial charge in [0.1, 0.15) is 0 Å². The lowest BCUT2D eigenvalue weighted by atomic mass is 10.0. The summed E-state index contributed by atoms with van der Waals surface area (Å²) in [4.78, 5) is 23.9. The zero-order valence-electron chi connectivity index (χ0n) is 16.9.